The number of carboxylic acids is 1. The lowest BCUT2D eigenvalue weighted by atomic mass is 10.3. The molecule has 0 aliphatic heterocycles. The van der Waals surface area contributed by atoms with Crippen LogP contribution in [0.25, 0.3) is 0 Å². The van der Waals surface area contributed by atoms with Crippen molar-refractivity contribution in [3.05, 3.63) is 22.4 Å². The maximum absolute atomic E-state index is 11.8. The molecular formula is C11H15NO5S2. The molecule has 1 atom stereocenters. The van der Waals surface area contributed by atoms with Crippen LogP contribution in [0, 0.1) is 0 Å². The van der Waals surface area contributed by atoms with Gasteiger partial charge in [0, 0.05) is 11.8 Å². The highest BCUT2D eigenvalue weighted by Crippen LogP contribution is 2.10. The van der Waals surface area contributed by atoms with Gasteiger partial charge in [-0.15, -0.1) is 11.3 Å². The summed E-state index contributed by atoms with van der Waals surface area (Å²) in [6, 6.07) is 2.25. The third kappa shape index (κ3) is 5.84. The molecule has 2 N–H and O–H groups in total. The van der Waals surface area contributed by atoms with Crippen molar-refractivity contribution in [3.63, 3.8) is 0 Å². The first-order chi connectivity index (χ1) is 8.80. The van der Waals surface area contributed by atoms with Gasteiger partial charge in [0.15, 0.2) is 9.84 Å². The van der Waals surface area contributed by atoms with Gasteiger partial charge in [0.2, 0.25) is 5.91 Å². The zero-order valence-corrected chi connectivity index (χ0v) is 12.0. The van der Waals surface area contributed by atoms with E-state index in [0.717, 1.165) is 11.8 Å². The number of carboxylic acid groups (broad SMARTS) is 1. The maximum atomic E-state index is 11.8. The number of hydrogen-bond acceptors (Lipinski definition) is 5. The average molecular weight is 305 g/mol. The highest BCUT2D eigenvalue weighted by Gasteiger charge is 2.25. The van der Waals surface area contributed by atoms with Crippen molar-refractivity contribution in [2.75, 3.05) is 11.5 Å². The number of thiophene rings is 1. The minimum absolute atomic E-state index is 0.128. The molecule has 1 amide bonds. The Morgan fingerprint density at radius 3 is 2.63 bits per heavy atom. The molecule has 8 heteroatoms. The van der Waals surface area contributed by atoms with Crippen LogP contribution in [-0.2, 0) is 25.8 Å². The van der Waals surface area contributed by atoms with Crippen LogP contribution in [0.3, 0.4) is 0 Å². The van der Waals surface area contributed by atoms with E-state index in [1.807, 2.05) is 17.5 Å². The summed E-state index contributed by atoms with van der Waals surface area (Å²) >= 11 is 1.45. The molecule has 1 unspecified atom stereocenters. The van der Waals surface area contributed by atoms with Crippen LogP contribution in [0.1, 0.15) is 11.8 Å². The van der Waals surface area contributed by atoms with Gasteiger partial charge in [-0.1, -0.05) is 6.07 Å². The lowest BCUT2D eigenvalue weighted by molar-refractivity contribution is -0.140. The molecule has 1 heterocycles. The molecule has 6 nitrogen and oxygen atoms in total. The molecule has 1 aromatic heterocycles. The van der Waals surface area contributed by atoms with Crippen molar-refractivity contribution in [2.45, 2.75) is 19.4 Å². The Morgan fingerprint density at radius 1 is 1.47 bits per heavy atom. The van der Waals surface area contributed by atoms with E-state index < -0.39 is 33.5 Å². The Labute approximate surface area is 115 Å². The lowest BCUT2D eigenvalue weighted by Crippen LogP contribution is -2.44. The number of amides is 1. The Kier molecular flexibility index (Phi) is 5.49. The summed E-state index contributed by atoms with van der Waals surface area (Å²) in [5, 5.41) is 12.8. The van der Waals surface area contributed by atoms with E-state index >= 15 is 0 Å². The molecule has 1 rings (SSSR count). The van der Waals surface area contributed by atoms with Crippen LogP contribution in [0.2, 0.25) is 0 Å². The van der Waals surface area contributed by atoms with Crippen LogP contribution in [0.15, 0.2) is 17.5 Å². The standard InChI is InChI=1S/C11H15NO5S2/c1-8(13)12-10(11(14)15)7-19(16,17)6-4-9-3-2-5-18-9/h2-3,5,10H,4,6-7H2,1H3,(H,12,13)(H,14,15). The van der Waals surface area contributed by atoms with Crippen LogP contribution in [-0.4, -0.2) is 42.9 Å². The van der Waals surface area contributed by atoms with E-state index in [-0.39, 0.29) is 5.75 Å². The third-order valence-corrected chi connectivity index (χ3v) is 4.94. The number of aryl methyl sites for hydroxylation is 1. The largest absolute Gasteiger partial charge is 0.480 e. The molecule has 0 fully saturated rings. The third-order valence-electron chi connectivity index (χ3n) is 2.34. The summed E-state index contributed by atoms with van der Waals surface area (Å²) < 4.78 is 23.6. The van der Waals surface area contributed by atoms with Gasteiger partial charge in [-0.05, 0) is 17.9 Å². The van der Waals surface area contributed by atoms with Gasteiger partial charge in [0.25, 0.3) is 0 Å². The van der Waals surface area contributed by atoms with Crippen LogP contribution in [0.4, 0.5) is 0 Å². The van der Waals surface area contributed by atoms with Crippen molar-refractivity contribution in [1.82, 2.24) is 5.32 Å². The summed E-state index contributed by atoms with van der Waals surface area (Å²) in [4.78, 5) is 22.6. The van der Waals surface area contributed by atoms with Crippen molar-refractivity contribution in [2.24, 2.45) is 0 Å². The van der Waals surface area contributed by atoms with Crippen molar-refractivity contribution < 1.29 is 23.1 Å². The van der Waals surface area contributed by atoms with Crippen molar-refractivity contribution >= 4 is 33.1 Å². The zero-order chi connectivity index (χ0) is 14.5. The summed E-state index contributed by atoms with van der Waals surface area (Å²) in [6.07, 6.45) is 0.354. The predicted octanol–water partition coefficient (Wildman–Crippen LogP) is 0.295. The fourth-order valence-electron chi connectivity index (χ4n) is 1.47. The molecule has 19 heavy (non-hydrogen) atoms. The number of carbonyl (C=O) groups excluding carboxylic acids is 1. The van der Waals surface area contributed by atoms with Crippen LogP contribution >= 0.6 is 11.3 Å². The monoisotopic (exact) mass is 305 g/mol. The van der Waals surface area contributed by atoms with Crippen molar-refractivity contribution in [3.8, 4) is 0 Å². The van der Waals surface area contributed by atoms with Crippen LogP contribution < -0.4 is 5.32 Å². The number of carbonyl (C=O) groups is 2. The van der Waals surface area contributed by atoms with Gasteiger partial charge in [-0.3, -0.25) is 4.79 Å². The Bertz CT molecular complexity index is 535. The molecule has 0 saturated carbocycles. The van der Waals surface area contributed by atoms with E-state index in [4.69, 9.17) is 5.11 Å². The number of rotatable bonds is 7. The summed E-state index contributed by atoms with van der Waals surface area (Å²) in [5.74, 6) is -2.64. The molecule has 0 bridgehead atoms. The lowest BCUT2D eigenvalue weighted by Gasteiger charge is -2.13. The van der Waals surface area contributed by atoms with Gasteiger partial charge in [-0.25, -0.2) is 13.2 Å². The summed E-state index contributed by atoms with van der Waals surface area (Å²) in [7, 11) is -3.54. The number of sulfone groups is 1. The van der Waals surface area contributed by atoms with Gasteiger partial charge in [0.1, 0.15) is 6.04 Å². The number of aliphatic carboxylic acids is 1. The van der Waals surface area contributed by atoms with Gasteiger partial charge in [0.05, 0.1) is 11.5 Å². The van der Waals surface area contributed by atoms with E-state index in [0.29, 0.717) is 6.42 Å². The Hall–Kier alpha value is -1.41. The second kappa shape index (κ2) is 6.67. The van der Waals surface area contributed by atoms with Crippen molar-refractivity contribution in [1.29, 1.82) is 0 Å². The van der Waals surface area contributed by atoms with Gasteiger partial charge < -0.3 is 10.4 Å². The minimum atomic E-state index is -3.54. The molecule has 0 saturated heterocycles. The summed E-state index contributed by atoms with van der Waals surface area (Å²) in [6.45, 7) is 1.15. The molecule has 0 aromatic carbocycles. The molecule has 0 aliphatic carbocycles. The average Bonchev–Trinajstić information content (AvgIpc) is 2.77. The van der Waals surface area contributed by atoms with Crippen LogP contribution in [0.5, 0.6) is 0 Å². The van der Waals surface area contributed by atoms with E-state index in [1.54, 1.807) is 0 Å². The first-order valence-corrected chi connectivity index (χ1v) is 8.23. The zero-order valence-electron chi connectivity index (χ0n) is 10.3. The quantitative estimate of drug-likeness (QED) is 0.754. The van der Waals surface area contributed by atoms with E-state index in [1.165, 1.54) is 11.3 Å². The predicted molar refractivity (Wildman–Crippen MR) is 71.9 cm³/mol. The number of nitrogens with one attached hydrogen (secondary N) is 1. The minimum Gasteiger partial charge on any atom is -0.480 e. The first-order valence-electron chi connectivity index (χ1n) is 5.53. The van der Waals surface area contributed by atoms with E-state index in [2.05, 4.69) is 5.32 Å². The normalized spacial score (nSPS) is 12.9. The highest BCUT2D eigenvalue weighted by molar-refractivity contribution is 7.91. The van der Waals surface area contributed by atoms with Gasteiger partial charge >= 0.3 is 5.97 Å². The van der Waals surface area contributed by atoms with Gasteiger partial charge in [-0.2, -0.15) is 0 Å². The molecule has 0 aliphatic rings. The Morgan fingerprint density at radius 2 is 2.16 bits per heavy atom. The fraction of sp³-hybridized carbons (Fsp3) is 0.455. The smallest absolute Gasteiger partial charge is 0.327 e. The number of hydrogen-bond donors (Lipinski definition) is 2. The summed E-state index contributed by atoms with van der Waals surface area (Å²) in [5.41, 5.74) is 0. The fourth-order valence-corrected chi connectivity index (χ4v) is 3.74. The molecule has 1 aromatic rings. The Balaban J connectivity index is 2.60. The second-order valence-corrected chi connectivity index (χ2v) is 7.30. The second-order valence-electron chi connectivity index (χ2n) is 4.04. The highest BCUT2D eigenvalue weighted by atomic mass is 32.2. The molecular weight excluding hydrogens is 290 g/mol. The molecule has 0 radical (unpaired) electrons. The SMILES string of the molecule is CC(=O)NC(CS(=O)(=O)CCc1cccs1)C(=O)O. The molecule has 0 spiro atoms. The molecule has 106 valence electrons. The topological polar surface area (TPSA) is 101 Å². The van der Waals surface area contributed by atoms with E-state index in [9.17, 15) is 18.0 Å². The first kappa shape index (κ1) is 15.6. The maximum Gasteiger partial charge on any atom is 0.327 e.